The minimum absolute atomic E-state index is 0. The van der Waals surface area contributed by atoms with E-state index < -0.39 is 0 Å². The molecule has 261 valence electrons. The zero-order valence-corrected chi connectivity index (χ0v) is 32.3. The van der Waals surface area contributed by atoms with Gasteiger partial charge in [-0.05, 0) is 71.3 Å². The first-order chi connectivity index (χ1) is 24.4. The van der Waals surface area contributed by atoms with Gasteiger partial charge in [-0.1, -0.05) is 106 Å². The Morgan fingerprint density at radius 1 is 0.765 bits per heavy atom. The van der Waals surface area contributed by atoms with Gasteiger partial charge in [0, 0.05) is 44.1 Å². The van der Waals surface area contributed by atoms with E-state index in [0.717, 1.165) is 56.2 Å². The van der Waals surface area contributed by atoms with Crippen molar-refractivity contribution >= 4 is 22.1 Å². The number of fused-ring (bicyclic) bond motifs is 3. The number of benzene rings is 3. The van der Waals surface area contributed by atoms with E-state index >= 15 is 0 Å². The first-order valence-electron chi connectivity index (χ1n) is 18.1. The van der Waals surface area contributed by atoms with Crippen molar-refractivity contribution in [3.63, 3.8) is 0 Å². The molecule has 51 heavy (non-hydrogen) atoms. The molecule has 5 heteroatoms. The molecule has 0 amide bonds. The van der Waals surface area contributed by atoms with E-state index in [0.29, 0.717) is 5.92 Å². The first kappa shape index (κ1) is 36.4. The fraction of sp³-hybridized carbons (Fsp3) is 0.283. The number of nitrogens with zero attached hydrogens (tertiary/aromatic N) is 3. The molecule has 1 atom stereocenters. The Labute approximate surface area is 316 Å². The summed E-state index contributed by atoms with van der Waals surface area (Å²) >= 11 is 0. The Morgan fingerprint density at radius 2 is 1.55 bits per heavy atom. The second-order valence-corrected chi connectivity index (χ2v) is 14.1. The molecule has 4 nitrogen and oxygen atoms in total. The van der Waals surface area contributed by atoms with Crippen molar-refractivity contribution in [3.05, 3.63) is 150 Å². The molecule has 1 saturated carbocycles. The molecular formula is C46H45IrN3O-2. The number of aromatic nitrogens is 3. The first-order valence-corrected chi connectivity index (χ1v) is 18.1. The minimum Gasteiger partial charge on any atom is -0.499 e. The molecule has 4 heterocycles. The van der Waals surface area contributed by atoms with Crippen LogP contribution in [-0.2, 0) is 26.5 Å². The summed E-state index contributed by atoms with van der Waals surface area (Å²) in [5.74, 6) is 1.53. The molecule has 3 aromatic carbocycles. The number of rotatable bonds is 7. The zero-order chi connectivity index (χ0) is 34.5. The largest absolute Gasteiger partial charge is 0.499 e. The van der Waals surface area contributed by atoms with Crippen molar-refractivity contribution in [1.82, 2.24) is 15.0 Å². The van der Waals surface area contributed by atoms with Crippen molar-refractivity contribution in [2.24, 2.45) is 5.92 Å². The molecule has 0 aliphatic heterocycles. The van der Waals surface area contributed by atoms with E-state index in [9.17, 15) is 0 Å². The van der Waals surface area contributed by atoms with Crippen molar-refractivity contribution in [3.8, 4) is 22.5 Å². The molecule has 1 aliphatic rings. The van der Waals surface area contributed by atoms with Crippen molar-refractivity contribution in [1.29, 1.82) is 0 Å². The van der Waals surface area contributed by atoms with Gasteiger partial charge in [0.2, 0.25) is 0 Å². The van der Waals surface area contributed by atoms with Crippen LogP contribution in [0.25, 0.3) is 44.6 Å². The summed E-state index contributed by atoms with van der Waals surface area (Å²) in [5, 5.41) is 0.998. The number of furan rings is 1. The summed E-state index contributed by atoms with van der Waals surface area (Å²) in [6.45, 7) is 8.75. The summed E-state index contributed by atoms with van der Waals surface area (Å²) in [6.07, 6.45) is 12.2. The van der Waals surface area contributed by atoms with Gasteiger partial charge < -0.3 is 14.4 Å². The van der Waals surface area contributed by atoms with Crippen LogP contribution in [0.2, 0.25) is 0 Å². The molecule has 7 aromatic rings. The molecule has 0 N–H and O–H groups in total. The van der Waals surface area contributed by atoms with E-state index in [2.05, 4.69) is 110 Å². The Morgan fingerprint density at radius 3 is 2.31 bits per heavy atom. The third kappa shape index (κ3) is 8.55. The van der Waals surface area contributed by atoms with Crippen LogP contribution in [0, 0.1) is 25.0 Å². The predicted molar refractivity (Wildman–Crippen MR) is 205 cm³/mol. The van der Waals surface area contributed by atoms with Gasteiger partial charge in [0.1, 0.15) is 5.58 Å². The van der Waals surface area contributed by atoms with Gasteiger partial charge in [-0.3, -0.25) is 0 Å². The van der Waals surface area contributed by atoms with E-state index in [-0.39, 0.29) is 26.0 Å². The monoisotopic (exact) mass is 848 g/mol. The van der Waals surface area contributed by atoms with Gasteiger partial charge in [0.25, 0.3) is 0 Å². The Kier molecular flexibility index (Phi) is 11.9. The topological polar surface area (TPSA) is 51.8 Å². The number of hydrogen-bond acceptors (Lipinski definition) is 4. The number of hydrogen-bond donors (Lipinski definition) is 0. The van der Waals surface area contributed by atoms with Crippen LogP contribution < -0.4 is 0 Å². The van der Waals surface area contributed by atoms with Crippen LogP contribution in [-0.4, -0.2) is 15.0 Å². The van der Waals surface area contributed by atoms with Gasteiger partial charge in [-0.2, -0.15) is 0 Å². The van der Waals surface area contributed by atoms with Crippen LogP contribution >= 0.6 is 0 Å². The SMILES string of the molecule is CC(C)c1ccnc(-c2[c-]cc3oc4ccc(C(C)c5ccccc5)nc4c3c2)c1.Cc1cnc(-c2[c-]cccc2)cc1CC1CCCCC1.[Ir]. The summed E-state index contributed by atoms with van der Waals surface area (Å²) in [4.78, 5) is 14.1. The summed E-state index contributed by atoms with van der Waals surface area (Å²) < 4.78 is 6.03. The fourth-order valence-corrected chi connectivity index (χ4v) is 7.05. The van der Waals surface area contributed by atoms with E-state index in [1.165, 1.54) is 60.8 Å². The van der Waals surface area contributed by atoms with Crippen LogP contribution in [0.15, 0.2) is 114 Å². The molecule has 8 rings (SSSR count). The number of pyridine rings is 3. The standard InChI is InChI=1S/C27H23N2O.C19H22N.Ir/c1-17(2)20-13-14-28-24(16-20)21-9-11-25-22(15-21)27-26(30-25)12-10-23(29-27)18(3)19-7-5-4-6-8-19;1-15-14-20-19(17-10-6-3-7-11-17)13-18(15)12-16-8-4-2-5-9-16;/h4-8,10-18H,1-3H3;3,6-7,10,13-14,16H,2,4-5,8-9,12H2,1H3;/q2*-1;. The maximum absolute atomic E-state index is 6.03. The predicted octanol–water partition coefficient (Wildman–Crippen LogP) is 12.1. The van der Waals surface area contributed by atoms with E-state index in [1.54, 1.807) is 0 Å². The average molecular weight is 848 g/mol. The Bertz CT molecular complexity index is 2190. The van der Waals surface area contributed by atoms with Gasteiger partial charge in [0.05, 0.1) is 11.1 Å². The maximum Gasteiger partial charge on any atom is 0.139 e. The maximum atomic E-state index is 6.03. The molecule has 0 saturated heterocycles. The van der Waals surface area contributed by atoms with Crippen molar-refractivity contribution < 1.29 is 24.5 Å². The average Bonchev–Trinajstić information content (AvgIpc) is 3.54. The van der Waals surface area contributed by atoms with Crippen molar-refractivity contribution in [2.45, 2.75) is 78.1 Å². The number of aryl methyl sites for hydroxylation is 1. The fourth-order valence-electron chi connectivity index (χ4n) is 7.05. The zero-order valence-electron chi connectivity index (χ0n) is 30.0. The molecule has 1 radical (unpaired) electrons. The normalized spacial score (nSPS) is 13.8. The third-order valence-electron chi connectivity index (χ3n) is 10.2. The van der Waals surface area contributed by atoms with Gasteiger partial charge in [-0.25, -0.2) is 4.98 Å². The smallest absolute Gasteiger partial charge is 0.139 e. The van der Waals surface area contributed by atoms with Gasteiger partial charge >= 0.3 is 0 Å². The molecule has 1 aliphatic carbocycles. The van der Waals surface area contributed by atoms with Gasteiger partial charge in [0.15, 0.2) is 0 Å². The van der Waals surface area contributed by atoms with Crippen LogP contribution in [0.4, 0.5) is 0 Å². The van der Waals surface area contributed by atoms with Crippen LogP contribution in [0.5, 0.6) is 0 Å². The van der Waals surface area contributed by atoms with E-state index in [1.807, 2.05) is 48.8 Å². The minimum atomic E-state index is 0. The second-order valence-electron chi connectivity index (χ2n) is 14.1. The third-order valence-corrected chi connectivity index (χ3v) is 10.2. The molecule has 0 spiro atoms. The summed E-state index contributed by atoms with van der Waals surface area (Å²) in [5.41, 5.74) is 12.9. The van der Waals surface area contributed by atoms with Crippen LogP contribution in [0.1, 0.15) is 92.7 Å². The molecule has 0 bridgehead atoms. The van der Waals surface area contributed by atoms with Gasteiger partial charge in [-0.15, -0.1) is 59.7 Å². The molecule has 4 aromatic heterocycles. The summed E-state index contributed by atoms with van der Waals surface area (Å²) in [6, 6.07) is 39.7. The second kappa shape index (κ2) is 16.7. The Hall–Kier alpha value is -4.44. The quantitative estimate of drug-likeness (QED) is 0.150. The molecule has 1 unspecified atom stereocenters. The van der Waals surface area contributed by atoms with Crippen LogP contribution in [0.3, 0.4) is 0 Å². The van der Waals surface area contributed by atoms with E-state index in [4.69, 9.17) is 9.40 Å². The molecular weight excluding hydrogens is 803 g/mol. The Balaban J connectivity index is 0.000000186. The van der Waals surface area contributed by atoms with Crippen molar-refractivity contribution in [2.75, 3.05) is 0 Å². The molecule has 1 fully saturated rings. The summed E-state index contributed by atoms with van der Waals surface area (Å²) in [7, 11) is 0.